The molecule has 8 nitrogen and oxygen atoms in total. The van der Waals surface area contributed by atoms with Crippen molar-refractivity contribution >= 4 is 12.0 Å². The average molecular weight is 399 g/mol. The number of amides is 2. The van der Waals surface area contributed by atoms with Crippen molar-refractivity contribution in [2.75, 3.05) is 19.7 Å². The van der Waals surface area contributed by atoms with Gasteiger partial charge < -0.3 is 24.8 Å². The summed E-state index contributed by atoms with van der Waals surface area (Å²) in [5, 5.41) is 11.9. The van der Waals surface area contributed by atoms with Crippen LogP contribution >= 0.6 is 0 Å². The van der Waals surface area contributed by atoms with E-state index in [-0.39, 0.29) is 19.1 Å². The highest BCUT2D eigenvalue weighted by Gasteiger charge is 2.30. The van der Waals surface area contributed by atoms with Gasteiger partial charge in [0, 0.05) is 31.4 Å². The lowest BCUT2D eigenvalue weighted by Crippen LogP contribution is -2.38. The number of carbonyl (C=O) groups excluding carboxylic acids is 1. The molecule has 0 bridgehead atoms. The molecule has 2 heterocycles. The summed E-state index contributed by atoms with van der Waals surface area (Å²) in [6.07, 6.45) is 3.04. The van der Waals surface area contributed by atoms with E-state index in [1.165, 1.54) is 4.90 Å². The summed E-state index contributed by atoms with van der Waals surface area (Å²) in [6.45, 7) is 3.60. The number of hydrogen-bond acceptors (Lipinski definition) is 5. The number of nitrogens with zero attached hydrogens (tertiary/aromatic N) is 2. The van der Waals surface area contributed by atoms with Crippen LogP contribution in [-0.4, -0.2) is 46.7 Å². The number of pyridine rings is 1. The van der Waals surface area contributed by atoms with Gasteiger partial charge in [-0.05, 0) is 43.2 Å². The molecule has 1 aromatic carbocycles. The lowest BCUT2D eigenvalue weighted by molar-refractivity contribution is -0.141. The third-order valence-corrected chi connectivity index (χ3v) is 4.62. The molecule has 29 heavy (non-hydrogen) atoms. The van der Waals surface area contributed by atoms with Gasteiger partial charge in [-0.25, -0.2) is 9.78 Å². The highest BCUT2D eigenvalue weighted by molar-refractivity contribution is 5.77. The first kappa shape index (κ1) is 20.4. The Morgan fingerprint density at radius 3 is 2.69 bits per heavy atom. The van der Waals surface area contributed by atoms with E-state index in [4.69, 9.17) is 14.6 Å². The minimum atomic E-state index is -0.866. The van der Waals surface area contributed by atoms with Gasteiger partial charge >= 0.3 is 12.0 Å². The Kier molecular flexibility index (Phi) is 6.89. The van der Waals surface area contributed by atoms with Crippen LogP contribution in [0.25, 0.3) is 0 Å². The molecule has 0 spiro atoms. The Morgan fingerprint density at radius 1 is 1.24 bits per heavy atom. The molecule has 154 valence electrons. The third kappa shape index (κ3) is 5.60. The van der Waals surface area contributed by atoms with E-state index in [2.05, 4.69) is 10.3 Å². The lowest BCUT2D eigenvalue weighted by atomic mass is 10.1. The number of likely N-dealkylation sites (tertiary alicyclic amines) is 1. The van der Waals surface area contributed by atoms with Gasteiger partial charge in [-0.2, -0.15) is 0 Å². The van der Waals surface area contributed by atoms with Gasteiger partial charge in [0.05, 0.1) is 12.5 Å². The van der Waals surface area contributed by atoms with Crippen LogP contribution in [-0.2, 0) is 11.3 Å². The number of aromatic nitrogens is 1. The molecule has 0 saturated carbocycles. The van der Waals surface area contributed by atoms with E-state index >= 15 is 0 Å². The van der Waals surface area contributed by atoms with Crippen molar-refractivity contribution in [1.29, 1.82) is 0 Å². The number of hydrogen-bond donors (Lipinski definition) is 2. The summed E-state index contributed by atoms with van der Waals surface area (Å²) < 4.78 is 11.4. The normalized spacial score (nSPS) is 15.8. The molecule has 0 radical (unpaired) electrons. The number of benzene rings is 1. The maximum absolute atomic E-state index is 12.3. The standard InChI is InChI=1S/C21H25N3O5/c1-2-12-28-17-5-7-18(8-6-17)29-19-15(4-3-10-22-19)13-23-21(27)24-11-9-16(14-24)20(25)26/h3-8,10,16H,2,9,11-14H2,1H3,(H,23,27)(H,25,26). The Balaban J connectivity index is 1.58. The summed E-state index contributed by atoms with van der Waals surface area (Å²) in [5.41, 5.74) is 0.723. The van der Waals surface area contributed by atoms with Crippen molar-refractivity contribution in [2.45, 2.75) is 26.3 Å². The molecule has 2 amide bonds. The van der Waals surface area contributed by atoms with Gasteiger partial charge in [-0.15, -0.1) is 0 Å². The molecule has 0 aliphatic carbocycles. The number of aliphatic carboxylic acids is 1. The Morgan fingerprint density at radius 2 is 2.00 bits per heavy atom. The number of ether oxygens (including phenoxy) is 2. The van der Waals surface area contributed by atoms with E-state index < -0.39 is 11.9 Å². The number of rotatable bonds is 8. The summed E-state index contributed by atoms with van der Waals surface area (Å²) >= 11 is 0. The molecule has 1 aliphatic heterocycles. The molecule has 1 saturated heterocycles. The predicted molar refractivity (Wildman–Crippen MR) is 106 cm³/mol. The van der Waals surface area contributed by atoms with Gasteiger partial charge in [0.25, 0.3) is 0 Å². The first-order valence-corrected chi connectivity index (χ1v) is 9.67. The molecular formula is C21H25N3O5. The zero-order chi connectivity index (χ0) is 20.6. The highest BCUT2D eigenvalue weighted by Crippen LogP contribution is 2.25. The Hall–Kier alpha value is -3.29. The van der Waals surface area contributed by atoms with E-state index in [0.29, 0.717) is 31.2 Å². The third-order valence-electron chi connectivity index (χ3n) is 4.62. The second-order valence-corrected chi connectivity index (χ2v) is 6.82. The fourth-order valence-electron chi connectivity index (χ4n) is 3.01. The summed E-state index contributed by atoms with van der Waals surface area (Å²) in [7, 11) is 0. The zero-order valence-corrected chi connectivity index (χ0v) is 16.3. The maximum Gasteiger partial charge on any atom is 0.317 e. The van der Waals surface area contributed by atoms with E-state index in [1.54, 1.807) is 24.4 Å². The number of carboxylic acids is 1. The Bertz CT molecular complexity index is 840. The molecular weight excluding hydrogens is 374 g/mol. The molecule has 1 atom stereocenters. The largest absolute Gasteiger partial charge is 0.494 e. The van der Waals surface area contributed by atoms with Crippen molar-refractivity contribution in [2.24, 2.45) is 5.92 Å². The quantitative estimate of drug-likeness (QED) is 0.706. The van der Waals surface area contributed by atoms with Crippen LogP contribution in [0.15, 0.2) is 42.6 Å². The molecule has 1 aliphatic rings. The average Bonchev–Trinajstić information content (AvgIpc) is 3.23. The summed E-state index contributed by atoms with van der Waals surface area (Å²) in [6, 6.07) is 10.6. The second-order valence-electron chi connectivity index (χ2n) is 6.82. The molecule has 8 heteroatoms. The van der Waals surface area contributed by atoms with Crippen LogP contribution in [0.1, 0.15) is 25.3 Å². The Labute approximate surface area is 169 Å². The molecule has 2 N–H and O–H groups in total. The number of nitrogens with one attached hydrogen (secondary N) is 1. The van der Waals surface area contributed by atoms with Crippen LogP contribution in [0, 0.1) is 5.92 Å². The van der Waals surface area contributed by atoms with Gasteiger partial charge in [-0.3, -0.25) is 4.79 Å². The second kappa shape index (κ2) is 9.77. The monoisotopic (exact) mass is 399 g/mol. The maximum atomic E-state index is 12.3. The molecule has 3 rings (SSSR count). The SMILES string of the molecule is CCCOc1ccc(Oc2ncccc2CNC(=O)N2CCC(C(=O)O)C2)cc1. The van der Waals surface area contributed by atoms with Crippen LogP contribution in [0.3, 0.4) is 0 Å². The molecule has 1 fully saturated rings. The van der Waals surface area contributed by atoms with Gasteiger partial charge in [-0.1, -0.05) is 13.0 Å². The van der Waals surface area contributed by atoms with Crippen molar-refractivity contribution in [3.63, 3.8) is 0 Å². The highest BCUT2D eigenvalue weighted by atomic mass is 16.5. The minimum Gasteiger partial charge on any atom is -0.494 e. The number of urea groups is 1. The van der Waals surface area contributed by atoms with Gasteiger partial charge in [0.2, 0.25) is 5.88 Å². The number of carboxylic acid groups (broad SMARTS) is 1. The first-order valence-electron chi connectivity index (χ1n) is 9.67. The van der Waals surface area contributed by atoms with Crippen LogP contribution in [0.4, 0.5) is 4.79 Å². The van der Waals surface area contributed by atoms with Crippen LogP contribution in [0.5, 0.6) is 17.4 Å². The molecule has 2 aromatic rings. The van der Waals surface area contributed by atoms with Crippen LogP contribution in [0.2, 0.25) is 0 Å². The zero-order valence-electron chi connectivity index (χ0n) is 16.3. The lowest BCUT2D eigenvalue weighted by Gasteiger charge is -2.17. The van der Waals surface area contributed by atoms with Crippen molar-refractivity contribution < 1.29 is 24.2 Å². The fourth-order valence-corrected chi connectivity index (χ4v) is 3.01. The fraction of sp³-hybridized carbons (Fsp3) is 0.381. The van der Waals surface area contributed by atoms with Crippen molar-refractivity contribution in [3.8, 4) is 17.4 Å². The molecule has 1 unspecified atom stereocenters. The van der Waals surface area contributed by atoms with Gasteiger partial charge in [0.1, 0.15) is 11.5 Å². The minimum absolute atomic E-state index is 0.226. The van der Waals surface area contributed by atoms with E-state index in [9.17, 15) is 9.59 Å². The van der Waals surface area contributed by atoms with Crippen molar-refractivity contribution in [3.05, 3.63) is 48.2 Å². The summed E-state index contributed by atoms with van der Waals surface area (Å²) in [4.78, 5) is 29.2. The smallest absolute Gasteiger partial charge is 0.317 e. The van der Waals surface area contributed by atoms with Gasteiger partial charge in [0.15, 0.2) is 0 Å². The summed E-state index contributed by atoms with van der Waals surface area (Å²) in [5.74, 6) is 0.429. The predicted octanol–water partition coefficient (Wildman–Crippen LogP) is 3.28. The van der Waals surface area contributed by atoms with Crippen molar-refractivity contribution in [1.82, 2.24) is 15.2 Å². The van der Waals surface area contributed by atoms with E-state index in [0.717, 1.165) is 17.7 Å². The topological polar surface area (TPSA) is 101 Å². The van der Waals surface area contributed by atoms with E-state index in [1.807, 2.05) is 25.1 Å². The van der Waals surface area contributed by atoms with Crippen LogP contribution < -0.4 is 14.8 Å². The number of carbonyl (C=O) groups is 2. The first-order chi connectivity index (χ1) is 14.1. The molecule has 1 aromatic heterocycles.